The predicted molar refractivity (Wildman–Crippen MR) is 100 cm³/mol. The Labute approximate surface area is 154 Å². The van der Waals surface area contributed by atoms with Crippen molar-refractivity contribution in [1.29, 1.82) is 0 Å². The monoisotopic (exact) mass is 383 g/mol. The molecule has 0 aliphatic heterocycles. The fourth-order valence-corrected chi connectivity index (χ4v) is 4.26. The Kier molecular flexibility index (Phi) is 6.63. The van der Waals surface area contributed by atoms with Crippen LogP contribution in [0.4, 0.5) is 5.69 Å². The molecule has 2 atom stereocenters. The third kappa shape index (κ3) is 5.07. The van der Waals surface area contributed by atoms with Gasteiger partial charge in [-0.05, 0) is 25.1 Å². The summed E-state index contributed by atoms with van der Waals surface area (Å²) in [6.45, 7) is 1.61. The van der Waals surface area contributed by atoms with E-state index in [4.69, 9.17) is 9.84 Å². The van der Waals surface area contributed by atoms with Crippen molar-refractivity contribution in [3.05, 3.63) is 18.2 Å². The van der Waals surface area contributed by atoms with Crippen LogP contribution in [0.3, 0.4) is 0 Å². The SMILES string of the molecule is COCC(NC(=O)C(C)C(=O)O)Sc1nc2cc(N(C)C)ccc2s1. The lowest BCUT2D eigenvalue weighted by atomic mass is 10.2. The van der Waals surface area contributed by atoms with Gasteiger partial charge in [-0.1, -0.05) is 11.8 Å². The van der Waals surface area contributed by atoms with E-state index in [0.717, 1.165) is 20.2 Å². The molecule has 2 aromatic rings. The van der Waals surface area contributed by atoms with Gasteiger partial charge in [-0.25, -0.2) is 4.98 Å². The van der Waals surface area contributed by atoms with Crippen LogP contribution in [0.1, 0.15) is 6.92 Å². The molecule has 0 aliphatic rings. The fourth-order valence-electron chi connectivity index (χ4n) is 2.00. The number of anilines is 1. The van der Waals surface area contributed by atoms with Crippen LogP contribution in [0.15, 0.2) is 22.5 Å². The number of thiazole rings is 1. The number of aliphatic carboxylic acids is 1. The smallest absolute Gasteiger partial charge is 0.315 e. The average Bonchev–Trinajstić information content (AvgIpc) is 2.95. The van der Waals surface area contributed by atoms with Gasteiger partial charge in [0.2, 0.25) is 5.91 Å². The molecule has 0 saturated heterocycles. The van der Waals surface area contributed by atoms with Crippen LogP contribution in [-0.4, -0.2) is 55.2 Å². The molecule has 0 spiro atoms. The highest BCUT2D eigenvalue weighted by Crippen LogP contribution is 2.33. The van der Waals surface area contributed by atoms with Gasteiger partial charge in [-0.15, -0.1) is 11.3 Å². The van der Waals surface area contributed by atoms with Crippen LogP contribution < -0.4 is 10.2 Å². The molecule has 1 aromatic carbocycles. The molecule has 25 heavy (non-hydrogen) atoms. The molecule has 2 rings (SSSR count). The number of carboxylic acid groups (broad SMARTS) is 1. The van der Waals surface area contributed by atoms with Crippen molar-refractivity contribution in [1.82, 2.24) is 10.3 Å². The fraction of sp³-hybridized carbons (Fsp3) is 0.438. The number of amides is 1. The second-order valence-electron chi connectivity index (χ2n) is 5.66. The topological polar surface area (TPSA) is 91.8 Å². The number of carbonyl (C=O) groups excluding carboxylic acids is 1. The van der Waals surface area contributed by atoms with Crippen LogP contribution in [0.25, 0.3) is 10.2 Å². The first kappa shape index (κ1) is 19.5. The number of nitrogens with zero attached hydrogens (tertiary/aromatic N) is 2. The number of thioether (sulfide) groups is 1. The zero-order valence-corrected chi connectivity index (χ0v) is 16.1. The minimum atomic E-state index is -1.16. The molecule has 0 radical (unpaired) electrons. The number of carboxylic acids is 1. The van der Waals surface area contributed by atoms with Gasteiger partial charge in [-0.3, -0.25) is 9.59 Å². The first-order chi connectivity index (χ1) is 11.8. The zero-order valence-electron chi connectivity index (χ0n) is 14.5. The van der Waals surface area contributed by atoms with E-state index in [1.165, 1.54) is 37.1 Å². The molecule has 0 aliphatic carbocycles. The maximum atomic E-state index is 12.0. The summed E-state index contributed by atoms with van der Waals surface area (Å²) in [6, 6.07) is 6.05. The van der Waals surface area contributed by atoms with E-state index in [-0.39, 0.29) is 6.61 Å². The lowest BCUT2D eigenvalue weighted by molar-refractivity contribution is -0.146. The third-order valence-corrected chi connectivity index (χ3v) is 5.70. The van der Waals surface area contributed by atoms with Crippen LogP contribution in [0.2, 0.25) is 0 Å². The maximum absolute atomic E-state index is 12.0. The maximum Gasteiger partial charge on any atom is 0.315 e. The van der Waals surface area contributed by atoms with Crippen molar-refractivity contribution in [2.45, 2.75) is 16.6 Å². The molecule has 9 heteroatoms. The van der Waals surface area contributed by atoms with Crippen molar-refractivity contribution >= 4 is 50.9 Å². The molecule has 0 fully saturated rings. The van der Waals surface area contributed by atoms with Gasteiger partial charge >= 0.3 is 5.97 Å². The summed E-state index contributed by atoms with van der Waals surface area (Å²) in [6.07, 6.45) is 0. The summed E-state index contributed by atoms with van der Waals surface area (Å²) in [5.41, 5.74) is 1.95. The van der Waals surface area contributed by atoms with Crippen molar-refractivity contribution in [3.63, 3.8) is 0 Å². The zero-order chi connectivity index (χ0) is 18.6. The van der Waals surface area contributed by atoms with Crippen LogP contribution in [0.5, 0.6) is 0 Å². The first-order valence-corrected chi connectivity index (χ1v) is 9.28. The van der Waals surface area contributed by atoms with Gasteiger partial charge in [0, 0.05) is 26.9 Å². The molecule has 1 aromatic heterocycles. The first-order valence-electron chi connectivity index (χ1n) is 7.58. The molecule has 1 amide bonds. The Bertz CT molecular complexity index is 763. The number of hydrogen-bond acceptors (Lipinski definition) is 7. The number of carbonyl (C=O) groups is 2. The summed E-state index contributed by atoms with van der Waals surface area (Å²) >= 11 is 2.88. The van der Waals surface area contributed by atoms with E-state index >= 15 is 0 Å². The second-order valence-corrected chi connectivity index (χ2v) is 8.14. The number of aromatic nitrogens is 1. The minimum absolute atomic E-state index is 0.252. The highest BCUT2D eigenvalue weighted by molar-refractivity contribution is 8.01. The number of methoxy groups -OCH3 is 1. The molecular weight excluding hydrogens is 362 g/mol. The number of rotatable bonds is 8. The van der Waals surface area contributed by atoms with E-state index in [0.29, 0.717) is 0 Å². The lowest BCUT2D eigenvalue weighted by Gasteiger charge is -2.17. The number of fused-ring (bicyclic) bond motifs is 1. The molecule has 136 valence electrons. The quantitative estimate of drug-likeness (QED) is 0.410. The van der Waals surface area contributed by atoms with Crippen molar-refractivity contribution in [2.75, 3.05) is 32.7 Å². The van der Waals surface area contributed by atoms with E-state index in [1.807, 2.05) is 37.2 Å². The molecule has 2 N–H and O–H groups in total. The van der Waals surface area contributed by atoms with Gasteiger partial charge in [-0.2, -0.15) is 0 Å². The Balaban J connectivity index is 2.14. The Morgan fingerprint density at radius 1 is 1.44 bits per heavy atom. The van der Waals surface area contributed by atoms with Crippen LogP contribution in [-0.2, 0) is 14.3 Å². The molecular formula is C16H21N3O4S2. The molecule has 1 heterocycles. The summed E-state index contributed by atoms with van der Waals surface area (Å²) in [5, 5.41) is 11.2. The molecule has 7 nitrogen and oxygen atoms in total. The van der Waals surface area contributed by atoms with E-state index < -0.39 is 23.2 Å². The van der Waals surface area contributed by atoms with E-state index in [1.54, 1.807) is 0 Å². The predicted octanol–water partition coefficient (Wildman–Crippen LogP) is 2.26. The molecule has 0 saturated carbocycles. The summed E-state index contributed by atoms with van der Waals surface area (Å²) in [4.78, 5) is 29.5. The van der Waals surface area contributed by atoms with Gasteiger partial charge in [0.05, 0.1) is 16.8 Å². The highest BCUT2D eigenvalue weighted by Gasteiger charge is 2.24. The van der Waals surface area contributed by atoms with Gasteiger partial charge < -0.3 is 20.1 Å². The minimum Gasteiger partial charge on any atom is -0.481 e. The normalized spacial score (nSPS) is 13.4. The number of ether oxygens (including phenoxy) is 1. The van der Waals surface area contributed by atoms with Crippen molar-refractivity contribution < 1.29 is 19.4 Å². The van der Waals surface area contributed by atoms with Crippen molar-refractivity contribution in [3.8, 4) is 0 Å². The molecule has 0 bridgehead atoms. The molecule has 2 unspecified atom stereocenters. The van der Waals surface area contributed by atoms with Crippen molar-refractivity contribution in [2.24, 2.45) is 5.92 Å². The summed E-state index contributed by atoms with van der Waals surface area (Å²) < 4.78 is 6.97. The Morgan fingerprint density at radius 2 is 2.16 bits per heavy atom. The lowest BCUT2D eigenvalue weighted by Crippen LogP contribution is -2.41. The summed E-state index contributed by atoms with van der Waals surface area (Å²) in [5.74, 6) is -2.81. The average molecular weight is 383 g/mol. The Hall–Kier alpha value is -1.84. The van der Waals surface area contributed by atoms with Crippen LogP contribution >= 0.6 is 23.1 Å². The third-order valence-electron chi connectivity index (χ3n) is 3.50. The van der Waals surface area contributed by atoms with E-state index in [9.17, 15) is 9.59 Å². The number of hydrogen-bond donors (Lipinski definition) is 2. The van der Waals surface area contributed by atoms with E-state index in [2.05, 4.69) is 10.3 Å². The highest BCUT2D eigenvalue weighted by atomic mass is 32.2. The van der Waals surface area contributed by atoms with Gasteiger partial charge in [0.25, 0.3) is 0 Å². The second kappa shape index (κ2) is 8.50. The van der Waals surface area contributed by atoms with Gasteiger partial charge in [0.1, 0.15) is 11.3 Å². The van der Waals surface area contributed by atoms with Gasteiger partial charge in [0.15, 0.2) is 4.34 Å². The number of benzene rings is 1. The Morgan fingerprint density at radius 3 is 2.76 bits per heavy atom. The largest absolute Gasteiger partial charge is 0.481 e. The van der Waals surface area contributed by atoms with Crippen LogP contribution in [0, 0.1) is 5.92 Å². The summed E-state index contributed by atoms with van der Waals surface area (Å²) in [7, 11) is 5.47. The standard InChI is InChI=1S/C16H21N3O4S2/c1-9(15(21)22)14(20)18-13(8-23-4)25-16-17-11-7-10(19(2)3)5-6-12(11)24-16/h5-7,9,13H,8H2,1-4H3,(H,18,20)(H,21,22). The number of nitrogens with one attached hydrogen (secondary N) is 1.